The third-order valence-electron chi connectivity index (χ3n) is 5.65. The molecule has 1 atom stereocenters. The normalized spacial score (nSPS) is 15.4. The molecule has 1 saturated heterocycles. The number of guanidine groups is 1. The molecule has 1 heterocycles. The first-order valence-electron chi connectivity index (χ1n) is 10.7. The van der Waals surface area contributed by atoms with Crippen LogP contribution in [-0.4, -0.2) is 58.9 Å². The lowest BCUT2D eigenvalue weighted by Crippen LogP contribution is -2.42. The van der Waals surface area contributed by atoms with Crippen LogP contribution in [0.25, 0.3) is 0 Å². The van der Waals surface area contributed by atoms with E-state index in [2.05, 4.69) is 38.7 Å². The molecule has 2 aromatic rings. The summed E-state index contributed by atoms with van der Waals surface area (Å²) < 4.78 is 16.2. The Morgan fingerprint density at radius 2 is 1.74 bits per heavy atom. The van der Waals surface area contributed by atoms with E-state index in [1.165, 1.54) is 18.4 Å². The summed E-state index contributed by atoms with van der Waals surface area (Å²) in [6, 6.07) is 14.5. The van der Waals surface area contributed by atoms with E-state index < -0.39 is 0 Å². The molecule has 2 aromatic carbocycles. The summed E-state index contributed by atoms with van der Waals surface area (Å²) in [5, 5.41) is 6.90. The summed E-state index contributed by atoms with van der Waals surface area (Å²) in [5.74, 6) is 3.09. The van der Waals surface area contributed by atoms with E-state index in [4.69, 9.17) is 14.2 Å². The van der Waals surface area contributed by atoms with Crippen LogP contribution >= 0.6 is 0 Å². The van der Waals surface area contributed by atoms with Gasteiger partial charge in [0.1, 0.15) is 5.75 Å². The number of hydrogen-bond donors (Lipinski definition) is 2. The van der Waals surface area contributed by atoms with Crippen LogP contribution in [0.4, 0.5) is 0 Å². The Morgan fingerprint density at radius 3 is 2.42 bits per heavy atom. The van der Waals surface area contributed by atoms with Gasteiger partial charge in [0.2, 0.25) is 0 Å². The summed E-state index contributed by atoms with van der Waals surface area (Å²) in [6.45, 7) is 3.62. The number of ether oxygens (including phenoxy) is 3. The third-order valence-corrected chi connectivity index (χ3v) is 5.65. The molecule has 0 amide bonds. The first kappa shape index (κ1) is 22.7. The van der Waals surface area contributed by atoms with Gasteiger partial charge in [-0.3, -0.25) is 9.89 Å². The monoisotopic (exact) mass is 426 g/mol. The van der Waals surface area contributed by atoms with Crippen LogP contribution in [-0.2, 0) is 6.54 Å². The molecular formula is C24H34N4O3. The molecule has 168 valence electrons. The van der Waals surface area contributed by atoms with E-state index in [0.29, 0.717) is 6.54 Å². The van der Waals surface area contributed by atoms with Gasteiger partial charge in [0.25, 0.3) is 0 Å². The zero-order valence-corrected chi connectivity index (χ0v) is 19.0. The second-order valence-electron chi connectivity index (χ2n) is 7.53. The van der Waals surface area contributed by atoms with Crippen LogP contribution in [0.2, 0.25) is 0 Å². The Kier molecular flexibility index (Phi) is 8.41. The summed E-state index contributed by atoms with van der Waals surface area (Å²) in [5.41, 5.74) is 2.34. The van der Waals surface area contributed by atoms with E-state index in [-0.39, 0.29) is 6.04 Å². The fourth-order valence-electron chi connectivity index (χ4n) is 3.95. The third kappa shape index (κ3) is 6.04. The Bertz CT molecular complexity index is 866. The van der Waals surface area contributed by atoms with Crippen LogP contribution in [0.1, 0.15) is 30.0 Å². The van der Waals surface area contributed by atoms with Crippen molar-refractivity contribution in [2.75, 3.05) is 48.0 Å². The van der Waals surface area contributed by atoms with Crippen molar-refractivity contribution in [3.63, 3.8) is 0 Å². The summed E-state index contributed by atoms with van der Waals surface area (Å²) in [4.78, 5) is 6.93. The van der Waals surface area contributed by atoms with Gasteiger partial charge in [0, 0.05) is 20.1 Å². The smallest absolute Gasteiger partial charge is 0.191 e. The Morgan fingerprint density at radius 1 is 0.968 bits per heavy atom. The van der Waals surface area contributed by atoms with Gasteiger partial charge < -0.3 is 24.8 Å². The average molecular weight is 427 g/mol. The van der Waals surface area contributed by atoms with Gasteiger partial charge in [-0.05, 0) is 61.3 Å². The lowest BCUT2D eigenvalue weighted by atomic mass is 10.1. The van der Waals surface area contributed by atoms with Crippen molar-refractivity contribution in [1.82, 2.24) is 15.5 Å². The zero-order chi connectivity index (χ0) is 22.1. The molecule has 2 N–H and O–H groups in total. The second-order valence-corrected chi connectivity index (χ2v) is 7.53. The molecule has 0 bridgehead atoms. The van der Waals surface area contributed by atoms with Gasteiger partial charge in [-0.1, -0.05) is 18.2 Å². The van der Waals surface area contributed by atoms with Gasteiger partial charge in [-0.25, -0.2) is 0 Å². The molecule has 0 aromatic heterocycles. The topological polar surface area (TPSA) is 67.4 Å². The summed E-state index contributed by atoms with van der Waals surface area (Å²) in [6.07, 6.45) is 2.49. The Balaban J connectivity index is 1.64. The minimum absolute atomic E-state index is 0.261. The average Bonchev–Trinajstić information content (AvgIpc) is 3.35. The van der Waals surface area contributed by atoms with Crippen LogP contribution in [0.15, 0.2) is 47.5 Å². The highest BCUT2D eigenvalue weighted by atomic mass is 16.5. The molecule has 0 aliphatic carbocycles. The van der Waals surface area contributed by atoms with Gasteiger partial charge in [-0.2, -0.15) is 0 Å². The minimum Gasteiger partial charge on any atom is -0.497 e. The quantitative estimate of drug-likeness (QED) is 0.474. The van der Waals surface area contributed by atoms with Crippen molar-refractivity contribution in [3.8, 4) is 17.2 Å². The van der Waals surface area contributed by atoms with Gasteiger partial charge in [0.15, 0.2) is 17.5 Å². The summed E-state index contributed by atoms with van der Waals surface area (Å²) in [7, 11) is 6.79. The molecule has 1 aliphatic rings. The maximum absolute atomic E-state index is 5.44. The molecule has 7 nitrogen and oxygen atoms in total. The predicted octanol–water partition coefficient (Wildman–Crippen LogP) is 3.21. The van der Waals surface area contributed by atoms with Crippen LogP contribution < -0.4 is 24.8 Å². The maximum atomic E-state index is 5.44. The highest BCUT2D eigenvalue weighted by Crippen LogP contribution is 2.28. The Hall–Kier alpha value is -2.93. The number of methoxy groups -OCH3 is 3. The predicted molar refractivity (Wildman–Crippen MR) is 124 cm³/mol. The minimum atomic E-state index is 0.261. The van der Waals surface area contributed by atoms with E-state index in [1.807, 2.05) is 24.3 Å². The van der Waals surface area contributed by atoms with E-state index in [1.54, 1.807) is 28.4 Å². The highest BCUT2D eigenvalue weighted by Gasteiger charge is 2.24. The number of nitrogens with zero attached hydrogens (tertiary/aromatic N) is 2. The standard InChI is InChI=1S/C24H34N4O3/c1-25-24(26-16-18-10-11-22(30-3)23(14-18)31-4)27-17-21(28-12-5-6-13-28)19-8-7-9-20(15-19)29-2/h7-11,14-15,21H,5-6,12-13,16-17H2,1-4H3,(H2,25,26,27). The number of likely N-dealkylation sites (tertiary alicyclic amines) is 1. The highest BCUT2D eigenvalue weighted by molar-refractivity contribution is 5.79. The fourth-order valence-corrected chi connectivity index (χ4v) is 3.95. The first-order valence-corrected chi connectivity index (χ1v) is 10.7. The molecule has 0 radical (unpaired) electrons. The van der Waals surface area contributed by atoms with Crippen molar-refractivity contribution in [1.29, 1.82) is 0 Å². The SMILES string of the molecule is CN=C(NCc1ccc(OC)c(OC)c1)NCC(c1cccc(OC)c1)N1CCCC1. The molecule has 0 spiro atoms. The summed E-state index contributed by atoms with van der Waals surface area (Å²) >= 11 is 0. The fraction of sp³-hybridized carbons (Fsp3) is 0.458. The molecular weight excluding hydrogens is 392 g/mol. The molecule has 7 heteroatoms. The van der Waals surface area contributed by atoms with Crippen molar-refractivity contribution in [2.24, 2.45) is 4.99 Å². The van der Waals surface area contributed by atoms with Gasteiger partial charge in [0.05, 0.1) is 27.4 Å². The molecule has 1 aliphatic heterocycles. The number of aliphatic imine (C=N–C) groups is 1. The molecule has 31 heavy (non-hydrogen) atoms. The zero-order valence-electron chi connectivity index (χ0n) is 19.0. The molecule has 1 fully saturated rings. The number of hydrogen-bond acceptors (Lipinski definition) is 5. The lowest BCUT2D eigenvalue weighted by molar-refractivity contribution is 0.245. The molecule has 3 rings (SSSR count). The van der Waals surface area contributed by atoms with E-state index in [0.717, 1.165) is 48.4 Å². The van der Waals surface area contributed by atoms with Gasteiger partial charge in [-0.15, -0.1) is 0 Å². The van der Waals surface area contributed by atoms with Crippen LogP contribution in [0.3, 0.4) is 0 Å². The molecule has 1 unspecified atom stereocenters. The first-order chi connectivity index (χ1) is 15.2. The molecule has 0 saturated carbocycles. The van der Waals surface area contributed by atoms with Crippen molar-refractivity contribution >= 4 is 5.96 Å². The second kappa shape index (κ2) is 11.5. The van der Waals surface area contributed by atoms with Crippen LogP contribution in [0, 0.1) is 0 Å². The number of benzene rings is 2. The van der Waals surface area contributed by atoms with Gasteiger partial charge >= 0.3 is 0 Å². The largest absolute Gasteiger partial charge is 0.497 e. The van der Waals surface area contributed by atoms with Crippen LogP contribution in [0.5, 0.6) is 17.2 Å². The number of nitrogens with one attached hydrogen (secondary N) is 2. The number of rotatable bonds is 9. The van der Waals surface area contributed by atoms with Crippen molar-refractivity contribution in [3.05, 3.63) is 53.6 Å². The van der Waals surface area contributed by atoms with E-state index in [9.17, 15) is 0 Å². The van der Waals surface area contributed by atoms with Crippen molar-refractivity contribution in [2.45, 2.75) is 25.4 Å². The van der Waals surface area contributed by atoms with Crippen molar-refractivity contribution < 1.29 is 14.2 Å². The lowest BCUT2D eigenvalue weighted by Gasteiger charge is -2.29. The maximum Gasteiger partial charge on any atom is 0.191 e. The Labute approximate surface area is 185 Å². The van der Waals surface area contributed by atoms with E-state index >= 15 is 0 Å².